The zero-order valence-corrected chi connectivity index (χ0v) is 16.8. The highest BCUT2D eigenvalue weighted by atomic mass is 35.5. The molecular formula is C19H20ClN5O2S. The van der Waals surface area contributed by atoms with Crippen LogP contribution in [0.3, 0.4) is 0 Å². The maximum Gasteiger partial charge on any atom is 0.230 e. The van der Waals surface area contributed by atoms with Crippen LogP contribution in [0, 0.1) is 0 Å². The van der Waals surface area contributed by atoms with Crippen LogP contribution >= 0.6 is 23.4 Å². The molecule has 1 aromatic heterocycles. The van der Waals surface area contributed by atoms with Crippen LogP contribution in [-0.2, 0) is 17.8 Å². The number of hydrogen-bond donors (Lipinski definition) is 2. The van der Waals surface area contributed by atoms with Crippen molar-refractivity contribution in [1.29, 1.82) is 0 Å². The normalized spacial score (nSPS) is 10.6. The number of carbonyl (C=O) groups is 1. The number of aromatic nitrogens is 3. The number of rotatable bonds is 8. The van der Waals surface area contributed by atoms with Crippen molar-refractivity contribution in [2.24, 2.45) is 0 Å². The van der Waals surface area contributed by atoms with E-state index in [1.54, 1.807) is 13.2 Å². The van der Waals surface area contributed by atoms with Crippen molar-refractivity contribution in [3.05, 3.63) is 70.5 Å². The Kier molecular flexibility index (Phi) is 6.78. The van der Waals surface area contributed by atoms with Gasteiger partial charge in [-0.1, -0.05) is 47.6 Å². The maximum absolute atomic E-state index is 12.1. The zero-order chi connectivity index (χ0) is 19.9. The van der Waals surface area contributed by atoms with Crippen molar-refractivity contribution in [2.75, 3.05) is 18.7 Å². The summed E-state index contributed by atoms with van der Waals surface area (Å²) in [5.41, 5.74) is 1.98. The third-order valence-corrected chi connectivity index (χ3v) is 5.15. The largest absolute Gasteiger partial charge is 0.497 e. The highest BCUT2D eigenvalue weighted by Gasteiger charge is 2.13. The van der Waals surface area contributed by atoms with Gasteiger partial charge >= 0.3 is 0 Å². The summed E-state index contributed by atoms with van der Waals surface area (Å²) in [6.45, 7) is 0.415. The van der Waals surface area contributed by atoms with Crippen LogP contribution in [0.1, 0.15) is 17.0 Å². The van der Waals surface area contributed by atoms with Crippen molar-refractivity contribution >= 4 is 29.3 Å². The molecule has 0 fully saturated rings. The van der Waals surface area contributed by atoms with Crippen molar-refractivity contribution in [1.82, 2.24) is 20.2 Å². The fourth-order valence-electron chi connectivity index (χ4n) is 2.48. The molecule has 3 N–H and O–H groups in total. The average Bonchev–Trinajstić information content (AvgIpc) is 3.05. The van der Waals surface area contributed by atoms with Crippen LogP contribution in [0.5, 0.6) is 5.75 Å². The quantitative estimate of drug-likeness (QED) is 0.432. The molecule has 0 spiro atoms. The second kappa shape index (κ2) is 9.48. The van der Waals surface area contributed by atoms with Gasteiger partial charge in [-0.2, -0.15) is 0 Å². The van der Waals surface area contributed by atoms with Crippen LogP contribution in [-0.4, -0.2) is 33.6 Å². The monoisotopic (exact) mass is 417 g/mol. The topological polar surface area (TPSA) is 95.1 Å². The number of ether oxygens (including phenoxy) is 1. The van der Waals surface area contributed by atoms with Crippen LogP contribution in [0.2, 0.25) is 5.02 Å². The standard InChI is InChI=1S/C19H20ClN5O2S/c1-27-16-7-5-13(6-8-16)10-17-23-24-19(25(17)21)28-12-18(26)22-11-14-3-2-4-15(20)9-14/h2-9H,10-12,21H2,1H3,(H,22,26). The van der Waals surface area contributed by atoms with Gasteiger partial charge in [0, 0.05) is 18.0 Å². The SMILES string of the molecule is COc1ccc(Cc2nnc(SCC(=O)NCc3cccc(Cl)c3)n2N)cc1. The van der Waals surface area contributed by atoms with Gasteiger partial charge in [-0.05, 0) is 35.4 Å². The lowest BCUT2D eigenvalue weighted by atomic mass is 10.1. The Morgan fingerprint density at radius 1 is 1.21 bits per heavy atom. The van der Waals surface area contributed by atoms with Crippen LogP contribution in [0.25, 0.3) is 0 Å². The third-order valence-electron chi connectivity index (χ3n) is 3.97. The van der Waals surface area contributed by atoms with Gasteiger partial charge in [0.2, 0.25) is 11.1 Å². The molecule has 7 nitrogen and oxygen atoms in total. The number of nitrogens with one attached hydrogen (secondary N) is 1. The van der Waals surface area contributed by atoms with Crippen LogP contribution in [0.4, 0.5) is 0 Å². The van der Waals surface area contributed by atoms with Gasteiger partial charge in [-0.3, -0.25) is 4.79 Å². The Balaban J connectivity index is 1.51. The molecule has 3 rings (SSSR count). The summed E-state index contributed by atoms with van der Waals surface area (Å²) in [7, 11) is 1.63. The number of carbonyl (C=O) groups excluding carboxylic acids is 1. The molecule has 0 unspecified atom stereocenters. The number of thioether (sulfide) groups is 1. The second-order valence-corrected chi connectivity index (χ2v) is 7.37. The average molecular weight is 418 g/mol. The van der Waals surface area contributed by atoms with Crippen molar-refractivity contribution in [2.45, 2.75) is 18.1 Å². The van der Waals surface area contributed by atoms with E-state index in [1.807, 2.05) is 42.5 Å². The van der Waals surface area contributed by atoms with Gasteiger partial charge in [0.05, 0.1) is 12.9 Å². The first kappa shape index (κ1) is 20.0. The molecule has 0 aliphatic carbocycles. The van der Waals surface area contributed by atoms with Gasteiger partial charge < -0.3 is 15.9 Å². The van der Waals surface area contributed by atoms with E-state index in [0.717, 1.165) is 16.9 Å². The molecule has 9 heteroatoms. The molecule has 0 atom stereocenters. The predicted octanol–water partition coefficient (Wildman–Crippen LogP) is 2.65. The Morgan fingerprint density at radius 3 is 2.71 bits per heavy atom. The minimum atomic E-state index is -0.121. The summed E-state index contributed by atoms with van der Waals surface area (Å²) in [5.74, 6) is 7.55. The van der Waals surface area contributed by atoms with Crippen LogP contribution < -0.4 is 15.9 Å². The minimum absolute atomic E-state index is 0.121. The molecule has 146 valence electrons. The number of nitrogens with two attached hydrogens (primary N) is 1. The Hall–Kier alpha value is -2.71. The van der Waals surface area contributed by atoms with Crippen molar-refractivity contribution < 1.29 is 9.53 Å². The van der Waals surface area contributed by atoms with Crippen LogP contribution in [0.15, 0.2) is 53.7 Å². The first-order chi connectivity index (χ1) is 13.5. The van der Waals surface area contributed by atoms with Gasteiger partial charge in [0.15, 0.2) is 5.82 Å². The number of nitrogen functional groups attached to an aromatic ring is 1. The van der Waals surface area contributed by atoms with E-state index in [4.69, 9.17) is 22.2 Å². The van der Waals surface area contributed by atoms with E-state index in [2.05, 4.69) is 15.5 Å². The summed E-state index contributed by atoms with van der Waals surface area (Å²) in [4.78, 5) is 12.1. The summed E-state index contributed by atoms with van der Waals surface area (Å²) in [6, 6.07) is 15.0. The minimum Gasteiger partial charge on any atom is -0.497 e. The summed E-state index contributed by atoms with van der Waals surface area (Å²) in [6.07, 6.45) is 0.537. The van der Waals surface area contributed by atoms with Crippen molar-refractivity contribution in [3.63, 3.8) is 0 Å². The first-order valence-corrected chi connectivity index (χ1v) is 9.87. The Bertz CT molecular complexity index is 946. The van der Waals surface area contributed by atoms with Gasteiger partial charge in [0.25, 0.3) is 0 Å². The first-order valence-electron chi connectivity index (χ1n) is 8.51. The summed E-state index contributed by atoms with van der Waals surface area (Å²) in [5, 5.41) is 12.2. The number of nitrogens with zero attached hydrogens (tertiary/aromatic N) is 3. The van der Waals surface area contributed by atoms with E-state index in [-0.39, 0.29) is 11.7 Å². The molecule has 2 aromatic carbocycles. The molecule has 28 heavy (non-hydrogen) atoms. The van der Waals surface area contributed by atoms with Crippen molar-refractivity contribution in [3.8, 4) is 5.75 Å². The number of amides is 1. The predicted molar refractivity (Wildman–Crippen MR) is 110 cm³/mol. The van der Waals surface area contributed by atoms with Gasteiger partial charge in [-0.25, -0.2) is 4.68 Å². The smallest absolute Gasteiger partial charge is 0.230 e. The van der Waals surface area contributed by atoms with E-state index in [1.165, 1.54) is 16.4 Å². The van der Waals surface area contributed by atoms with E-state index < -0.39 is 0 Å². The number of methoxy groups -OCH3 is 1. The summed E-state index contributed by atoms with van der Waals surface area (Å²) < 4.78 is 6.57. The van der Waals surface area contributed by atoms with E-state index in [9.17, 15) is 4.79 Å². The molecular weight excluding hydrogens is 398 g/mol. The fraction of sp³-hybridized carbons (Fsp3) is 0.211. The van der Waals surface area contributed by atoms with E-state index >= 15 is 0 Å². The molecule has 3 aromatic rings. The number of benzene rings is 2. The number of halogens is 1. The highest BCUT2D eigenvalue weighted by molar-refractivity contribution is 7.99. The van der Waals surface area contributed by atoms with Gasteiger partial charge in [-0.15, -0.1) is 10.2 Å². The number of hydrogen-bond acceptors (Lipinski definition) is 6. The van der Waals surface area contributed by atoms with E-state index in [0.29, 0.717) is 29.0 Å². The Morgan fingerprint density at radius 2 is 2.00 bits per heavy atom. The zero-order valence-electron chi connectivity index (χ0n) is 15.3. The Labute approximate surface area is 172 Å². The molecule has 1 heterocycles. The molecule has 0 aliphatic heterocycles. The molecule has 0 aliphatic rings. The highest BCUT2D eigenvalue weighted by Crippen LogP contribution is 2.18. The maximum atomic E-state index is 12.1. The second-order valence-electron chi connectivity index (χ2n) is 5.99. The fourth-order valence-corrected chi connectivity index (χ4v) is 3.40. The van der Waals surface area contributed by atoms with Gasteiger partial charge in [0.1, 0.15) is 5.75 Å². The molecule has 0 radical (unpaired) electrons. The lowest BCUT2D eigenvalue weighted by molar-refractivity contribution is -0.118. The lowest BCUT2D eigenvalue weighted by Crippen LogP contribution is -2.25. The molecule has 1 amide bonds. The molecule has 0 saturated heterocycles. The lowest BCUT2D eigenvalue weighted by Gasteiger charge is -2.06. The molecule has 0 bridgehead atoms. The molecule has 0 saturated carbocycles. The summed E-state index contributed by atoms with van der Waals surface area (Å²) >= 11 is 7.18. The third kappa shape index (κ3) is 5.40.